The minimum Gasteiger partial charge on any atom is -0.405 e. The number of anilines is 2. The third-order valence-electron chi connectivity index (χ3n) is 6.34. The second-order valence-electron chi connectivity index (χ2n) is 9.11. The number of hydrogen-bond acceptors (Lipinski definition) is 6. The van der Waals surface area contributed by atoms with Crippen LogP contribution in [-0.2, 0) is 12.8 Å². The molecule has 1 aromatic carbocycles. The van der Waals surface area contributed by atoms with Crippen molar-refractivity contribution in [2.45, 2.75) is 69.8 Å². The molecule has 2 N–H and O–H groups in total. The highest BCUT2D eigenvalue weighted by molar-refractivity contribution is 5.97. The van der Waals surface area contributed by atoms with E-state index >= 15 is 0 Å². The highest BCUT2D eigenvalue weighted by atomic mass is 19.4. The Labute approximate surface area is 197 Å². The van der Waals surface area contributed by atoms with E-state index in [0.29, 0.717) is 18.8 Å². The number of halogens is 3. The molecule has 0 unspecified atom stereocenters. The van der Waals surface area contributed by atoms with Crippen molar-refractivity contribution in [3.8, 4) is 5.75 Å². The van der Waals surface area contributed by atoms with Crippen LogP contribution in [0.15, 0.2) is 24.3 Å². The Bertz CT molecular complexity index is 1020. The lowest BCUT2D eigenvalue weighted by Crippen LogP contribution is -2.40. The molecule has 0 saturated heterocycles. The number of nitrogens with one attached hydrogen (secondary N) is 2. The molecule has 0 aliphatic heterocycles. The predicted octanol–water partition coefficient (Wildman–Crippen LogP) is 4.47. The Morgan fingerprint density at radius 2 is 1.71 bits per heavy atom. The van der Waals surface area contributed by atoms with Gasteiger partial charge in [-0.15, -0.1) is 13.2 Å². The number of amides is 1. The molecule has 184 valence electrons. The van der Waals surface area contributed by atoms with Gasteiger partial charge in [0.15, 0.2) is 0 Å². The lowest BCUT2D eigenvalue weighted by molar-refractivity contribution is -0.274. The van der Waals surface area contributed by atoms with E-state index < -0.39 is 18.0 Å². The number of aromatic nitrogens is 2. The molecule has 34 heavy (non-hydrogen) atoms. The van der Waals surface area contributed by atoms with Crippen LogP contribution < -0.4 is 20.3 Å². The summed E-state index contributed by atoms with van der Waals surface area (Å²) in [5.74, 6) is 0.539. The van der Waals surface area contributed by atoms with Gasteiger partial charge in [0.2, 0.25) is 5.95 Å². The summed E-state index contributed by atoms with van der Waals surface area (Å²) in [4.78, 5) is 24.2. The fourth-order valence-electron chi connectivity index (χ4n) is 4.70. The molecule has 4 rings (SSSR count). The van der Waals surface area contributed by atoms with Crippen LogP contribution in [0.4, 0.5) is 24.9 Å². The summed E-state index contributed by atoms with van der Waals surface area (Å²) in [7, 11) is 3.99. The van der Waals surface area contributed by atoms with Crippen LogP contribution in [0.3, 0.4) is 0 Å². The van der Waals surface area contributed by atoms with Gasteiger partial charge < -0.3 is 20.3 Å². The Morgan fingerprint density at radius 3 is 2.41 bits per heavy atom. The Hall–Kier alpha value is -3.04. The van der Waals surface area contributed by atoms with E-state index in [1.165, 1.54) is 23.8 Å². The van der Waals surface area contributed by atoms with Gasteiger partial charge in [0.25, 0.3) is 5.91 Å². The van der Waals surface area contributed by atoms with Crippen LogP contribution in [0.1, 0.15) is 60.1 Å². The Kier molecular flexibility index (Phi) is 7.13. The maximum atomic E-state index is 12.7. The number of carbonyl (C=O) groups excluding carboxylic acids is 1. The monoisotopic (exact) mass is 477 g/mol. The van der Waals surface area contributed by atoms with Gasteiger partial charge >= 0.3 is 6.36 Å². The zero-order valence-electron chi connectivity index (χ0n) is 19.4. The molecule has 0 atom stereocenters. The van der Waals surface area contributed by atoms with E-state index in [0.717, 1.165) is 56.1 Å². The van der Waals surface area contributed by atoms with Crippen LogP contribution in [-0.4, -0.2) is 48.4 Å². The summed E-state index contributed by atoms with van der Waals surface area (Å²) in [6.07, 6.45) is 2.41. The molecule has 10 heteroatoms. The van der Waals surface area contributed by atoms with Gasteiger partial charge in [-0.2, -0.15) is 4.98 Å². The maximum absolute atomic E-state index is 12.7. The highest BCUT2D eigenvalue weighted by Crippen LogP contribution is 2.30. The van der Waals surface area contributed by atoms with Gasteiger partial charge in [0.1, 0.15) is 11.6 Å². The molecule has 7 nitrogen and oxygen atoms in total. The van der Waals surface area contributed by atoms with Gasteiger partial charge in [-0.1, -0.05) is 12.1 Å². The smallest absolute Gasteiger partial charge is 0.405 e. The lowest BCUT2D eigenvalue weighted by atomic mass is 9.91. The van der Waals surface area contributed by atoms with E-state index in [1.54, 1.807) is 0 Å². The average molecular weight is 478 g/mol. The molecule has 0 spiro atoms. The minimum atomic E-state index is -4.86. The molecule has 1 amide bonds. The van der Waals surface area contributed by atoms with Gasteiger partial charge in [0.05, 0.1) is 11.3 Å². The fourth-order valence-corrected chi connectivity index (χ4v) is 4.70. The molecule has 1 fully saturated rings. The number of aryl methyl sites for hydroxylation is 1. The summed E-state index contributed by atoms with van der Waals surface area (Å²) in [5.41, 5.74) is 2.23. The average Bonchev–Trinajstić information content (AvgIpc) is 2.79. The molecular formula is C24H30F3N5O2. The van der Waals surface area contributed by atoms with Crippen LogP contribution in [0.2, 0.25) is 0 Å². The quantitative estimate of drug-likeness (QED) is 0.639. The first-order chi connectivity index (χ1) is 16.2. The van der Waals surface area contributed by atoms with Crippen molar-refractivity contribution in [3.63, 3.8) is 0 Å². The third-order valence-corrected chi connectivity index (χ3v) is 6.34. The molecular weight excluding hydrogens is 447 g/mol. The number of rotatable bonds is 6. The minimum absolute atomic E-state index is 0.119. The summed E-state index contributed by atoms with van der Waals surface area (Å²) >= 11 is 0. The molecule has 2 aliphatic rings. The maximum Gasteiger partial charge on any atom is 0.573 e. The van der Waals surface area contributed by atoms with Crippen molar-refractivity contribution < 1.29 is 22.7 Å². The first-order valence-electron chi connectivity index (χ1n) is 11.7. The standard InChI is InChI=1S/C24H30F3N5O2/c1-32(2)21-17-7-3-5-9-19(17)30-23(31-21)29-16-13-11-15(12-14-16)28-22(33)18-8-4-6-10-20(18)34-24(25,26)27/h4,6,8,10,15-16H,3,5,7,9,11-14H2,1-2H3,(H,28,33)(H,29,30,31)/t15-,16+. The van der Waals surface area contributed by atoms with Crippen LogP contribution in [0.5, 0.6) is 5.75 Å². The normalized spacial score (nSPS) is 20.3. The zero-order valence-corrected chi connectivity index (χ0v) is 19.4. The summed E-state index contributed by atoms with van der Waals surface area (Å²) in [6.45, 7) is 0. The van der Waals surface area contributed by atoms with Crippen LogP contribution in [0, 0.1) is 0 Å². The molecule has 2 aliphatic carbocycles. The molecule has 1 saturated carbocycles. The number of para-hydroxylation sites is 1. The largest absolute Gasteiger partial charge is 0.573 e. The topological polar surface area (TPSA) is 79.4 Å². The number of ether oxygens (including phenoxy) is 1. The fraction of sp³-hybridized carbons (Fsp3) is 0.542. The van der Waals surface area contributed by atoms with E-state index in [2.05, 4.69) is 15.4 Å². The highest BCUT2D eigenvalue weighted by Gasteiger charge is 2.33. The van der Waals surface area contributed by atoms with Gasteiger partial charge in [0, 0.05) is 31.7 Å². The lowest BCUT2D eigenvalue weighted by Gasteiger charge is -2.30. The van der Waals surface area contributed by atoms with Crippen molar-refractivity contribution >= 4 is 17.7 Å². The first-order valence-corrected chi connectivity index (χ1v) is 11.7. The molecule has 1 aromatic heterocycles. The van der Waals surface area contributed by atoms with Crippen molar-refractivity contribution in [2.24, 2.45) is 0 Å². The second kappa shape index (κ2) is 10.1. The van der Waals surface area contributed by atoms with Crippen LogP contribution >= 0.6 is 0 Å². The summed E-state index contributed by atoms with van der Waals surface area (Å²) < 4.78 is 42.0. The number of carbonyl (C=O) groups is 1. The third kappa shape index (κ3) is 5.90. The van der Waals surface area contributed by atoms with E-state index in [1.807, 2.05) is 19.0 Å². The van der Waals surface area contributed by atoms with Gasteiger partial charge in [-0.3, -0.25) is 4.79 Å². The van der Waals surface area contributed by atoms with Crippen molar-refractivity contribution in [2.75, 3.05) is 24.3 Å². The van der Waals surface area contributed by atoms with E-state index in [-0.39, 0.29) is 17.6 Å². The molecule has 0 radical (unpaired) electrons. The van der Waals surface area contributed by atoms with Crippen molar-refractivity contribution in [1.82, 2.24) is 15.3 Å². The predicted molar refractivity (Wildman–Crippen MR) is 123 cm³/mol. The van der Waals surface area contributed by atoms with E-state index in [4.69, 9.17) is 9.97 Å². The van der Waals surface area contributed by atoms with E-state index in [9.17, 15) is 18.0 Å². The van der Waals surface area contributed by atoms with Crippen LogP contribution in [0.25, 0.3) is 0 Å². The number of nitrogens with zero attached hydrogens (tertiary/aromatic N) is 3. The molecule has 2 aromatic rings. The number of alkyl halides is 3. The number of hydrogen-bond donors (Lipinski definition) is 2. The first kappa shape index (κ1) is 24.1. The molecule has 0 bridgehead atoms. The SMILES string of the molecule is CN(C)c1nc(N[C@H]2CC[C@@H](NC(=O)c3ccccc3OC(F)(F)F)CC2)nc2c1CCCC2. The second-order valence-corrected chi connectivity index (χ2v) is 9.11. The Balaban J connectivity index is 1.35. The number of fused-ring (bicyclic) bond motifs is 1. The number of benzene rings is 1. The summed E-state index contributed by atoms with van der Waals surface area (Å²) in [5, 5.41) is 6.32. The Morgan fingerprint density at radius 1 is 1.03 bits per heavy atom. The molecule has 1 heterocycles. The van der Waals surface area contributed by atoms with Gasteiger partial charge in [-0.05, 0) is 63.5 Å². The van der Waals surface area contributed by atoms with Crippen molar-refractivity contribution in [1.29, 1.82) is 0 Å². The zero-order chi connectivity index (χ0) is 24.3. The van der Waals surface area contributed by atoms with Crippen molar-refractivity contribution in [3.05, 3.63) is 41.1 Å². The summed E-state index contributed by atoms with van der Waals surface area (Å²) in [6, 6.07) is 5.44. The van der Waals surface area contributed by atoms with Gasteiger partial charge in [-0.25, -0.2) is 4.98 Å².